The maximum absolute atomic E-state index is 14.9. The molecule has 0 aromatic rings. The van der Waals surface area contributed by atoms with Crippen LogP contribution in [0.4, 0.5) is 22.0 Å². The summed E-state index contributed by atoms with van der Waals surface area (Å²) in [7, 11) is 0. The van der Waals surface area contributed by atoms with Gasteiger partial charge in [0, 0.05) is 24.9 Å². The molecule has 2 bridgehead atoms. The van der Waals surface area contributed by atoms with E-state index in [-0.39, 0.29) is 37.5 Å². The molecule has 0 radical (unpaired) electrons. The van der Waals surface area contributed by atoms with Gasteiger partial charge in [0.15, 0.2) is 0 Å². The average Bonchev–Trinajstić information content (AvgIpc) is 3.21. The first-order valence-corrected chi connectivity index (χ1v) is 12.9. The van der Waals surface area contributed by atoms with Gasteiger partial charge in [0.2, 0.25) is 17.7 Å². The van der Waals surface area contributed by atoms with Crippen molar-refractivity contribution in [3.63, 3.8) is 0 Å². The number of nitrogens with one attached hydrogen (secondary N) is 3. The molecule has 3 aliphatic heterocycles. The summed E-state index contributed by atoms with van der Waals surface area (Å²) in [6.45, 7) is 0.405. The molecule has 0 unspecified atom stereocenters. The molecule has 3 saturated heterocycles. The van der Waals surface area contributed by atoms with Crippen LogP contribution in [0.25, 0.3) is 0 Å². The molecule has 0 spiro atoms. The summed E-state index contributed by atoms with van der Waals surface area (Å²) in [5.41, 5.74) is 0. The van der Waals surface area contributed by atoms with Crippen molar-refractivity contribution in [2.75, 3.05) is 6.54 Å². The third-order valence-corrected chi connectivity index (χ3v) is 8.27. The Balaban J connectivity index is 1.58. The maximum Gasteiger partial charge on any atom is 0.471 e. The number of nitriles is 1. The summed E-state index contributed by atoms with van der Waals surface area (Å²) < 4.78 is 68.9. The van der Waals surface area contributed by atoms with E-state index in [0.717, 1.165) is 11.3 Å². The fourth-order valence-corrected chi connectivity index (χ4v) is 6.08. The molecule has 9 nitrogen and oxygen atoms in total. The predicted octanol–water partition coefficient (Wildman–Crippen LogP) is 1.77. The van der Waals surface area contributed by atoms with Crippen molar-refractivity contribution in [1.82, 2.24) is 20.9 Å². The van der Waals surface area contributed by atoms with E-state index in [1.54, 1.807) is 5.32 Å². The van der Waals surface area contributed by atoms with Gasteiger partial charge in [-0.2, -0.15) is 18.4 Å². The highest BCUT2D eigenvalue weighted by Gasteiger charge is 2.61. The number of fused-ring (bicyclic) bond motifs is 3. The van der Waals surface area contributed by atoms with Crippen LogP contribution in [-0.2, 0) is 19.2 Å². The SMILES string of the molecule is N#C[C@H](C[C@H]1CCNC1=O)NC(=O)[C@@H]1[C@@H]2CC[C@@H](CC2(F)F)N1C(=O)[C@@H](CC1CCC1)NC(=O)C(F)(F)F. The van der Waals surface area contributed by atoms with E-state index < -0.39 is 72.2 Å². The zero-order chi connectivity index (χ0) is 27.8. The van der Waals surface area contributed by atoms with Crippen LogP contribution in [0.1, 0.15) is 57.8 Å². The molecule has 5 rings (SSSR count). The molecule has 2 saturated carbocycles. The van der Waals surface area contributed by atoms with Gasteiger partial charge in [-0.05, 0) is 38.0 Å². The summed E-state index contributed by atoms with van der Waals surface area (Å²) >= 11 is 0. The third kappa shape index (κ3) is 5.71. The number of carbonyl (C=O) groups excluding carboxylic acids is 4. The Labute approximate surface area is 215 Å². The Hall–Kier alpha value is -2.98. The molecule has 14 heteroatoms. The van der Waals surface area contributed by atoms with Crippen LogP contribution < -0.4 is 16.0 Å². The van der Waals surface area contributed by atoms with Gasteiger partial charge in [-0.25, -0.2) is 8.78 Å². The van der Waals surface area contributed by atoms with Gasteiger partial charge >= 0.3 is 12.1 Å². The van der Waals surface area contributed by atoms with Crippen molar-refractivity contribution in [3.8, 4) is 6.07 Å². The lowest BCUT2D eigenvalue weighted by Crippen LogP contribution is -2.71. The van der Waals surface area contributed by atoms with Crippen LogP contribution in [0.2, 0.25) is 0 Å². The average molecular weight is 548 g/mol. The number of piperidine rings is 2. The van der Waals surface area contributed by atoms with Gasteiger partial charge in [0.1, 0.15) is 18.1 Å². The Bertz CT molecular complexity index is 1010. The second-order valence-corrected chi connectivity index (χ2v) is 10.8. The Morgan fingerprint density at radius 2 is 1.82 bits per heavy atom. The number of rotatable bonds is 8. The van der Waals surface area contributed by atoms with Crippen LogP contribution in [-0.4, -0.2) is 71.3 Å². The van der Waals surface area contributed by atoms with Gasteiger partial charge < -0.3 is 20.9 Å². The number of amides is 4. The lowest BCUT2D eigenvalue weighted by molar-refractivity contribution is -0.196. The van der Waals surface area contributed by atoms with Gasteiger partial charge in [-0.3, -0.25) is 19.2 Å². The van der Waals surface area contributed by atoms with Gasteiger partial charge in [0.05, 0.1) is 12.0 Å². The number of hydrogen-bond acceptors (Lipinski definition) is 5. The lowest BCUT2D eigenvalue weighted by Gasteiger charge is -2.54. The molecule has 0 aromatic carbocycles. The molecule has 2 aliphatic carbocycles. The normalized spacial score (nSPS) is 30.0. The van der Waals surface area contributed by atoms with E-state index >= 15 is 0 Å². The molecular weight excluding hydrogens is 517 g/mol. The summed E-state index contributed by atoms with van der Waals surface area (Å²) in [6, 6.07) is -3.83. The number of carbonyl (C=O) groups is 4. The summed E-state index contributed by atoms with van der Waals surface area (Å²) in [6.07, 6.45) is -3.56. The van der Waals surface area contributed by atoms with Crippen molar-refractivity contribution < 1.29 is 41.1 Å². The maximum atomic E-state index is 14.9. The van der Waals surface area contributed by atoms with Crippen LogP contribution in [0.3, 0.4) is 0 Å². The third-order valence-electron chi connectivity index (χ3n) is 8.27. The fraction of sp³-hybridized carbons (Fsp3) is 0.792. The largest absolute Gasteiger partial charge is 0.471 e. The molecule has 5 fully saturated rings. The van der Waals surface area contributed by atoms with E-state index in [9.17, 15) is 46.4 Å². The van der Waals surface area contributed by atoms with E-state index in [0.29, 0.717) is 25.8 Å². The molecule has 6 atom stereocenters. The molecule has 5 aliphatic rings. The fourth-order valence-electron chi connectivity index (χ4n) is 6.08. The number of hydrogen-bond donors (Lipinski definition) is 3. The Morgan fingerprint density at radius 3 is 2.34 bits per heavy atom. The van der Waals surface area contributed by atoms with Crippen LogP contribution >= 0.6 is 0 Å². The van der Waals surface area contributed by atoms with Gasteiger partial charge in [-0.15, -0.1) is 0 Å². The van der Waals surface area contributed by atoms with Crippen molar-refractivity contribution in [2.45, 2.75) is 94.1 Å². The van der Waals surface area contributed by atoms with E-state index in [1.165, 1.54) is 0 Å². The molecular formula is C24H30F5N5O4. The predicted molar refractivity (Wildman–Crippen MR) is 120 cm³/mol. The van der Waals surface area contributed by atoms with Crippen molar-refractivity contribution in [3.05, 3.63) is 0 Å². The summed E-state index contributed by atoms with van der Waals surface area (Å²) in [5.74, 6) is -10.2. The quantitative estimate of drug-likeness (QED) is 0.399. The van der Waals surface area contributed by atoms with Gasteiger partial charge in [-0.1, -0.05) is 19.3 Å². The zero-order valence-corrected chi connectivity index (χ0v) is 20.5. The topological polar surface area (TPSA) is 131 Å². The summed E-state index contributed by atoms with van der Waals surface area (Å²) in [5, 5.41) is 16.3. The first kappa shape index (κ1) is 28.0. The molecule has 3 heterocycles. The molecule has 4 amide bonds. The number of halogens is 5. The van der Waals surface area contributed by atoms with E-state index in [2.05, 4.69) is 10.6 Å². The smallest absolute Gasteiger partial charge is 0.356 e. The van der Waals surface area contributed by atoms with Crippen molar-refractivity contribution in [2.24, 2.45) is 17.8 Å². The van der Waals surface area contributed by atoms with Crippen LogP contribution in [0, 0.1) is 29.1 Å². The highest BCUT2D eigenvalue weighted by molar-refractivity contribution is 5.94. The highest BCUT2D eigenvalue weighted by atomic mass is 19.4. The summed E-state index contributed by atoms with van der Waals surface area (Å²) in [4.78, 5) is 51.5. The second kappa shape index (κ2) is 10.6. The van der Waals surface area contributed by atoms with Crippen molar-refractivity contribution >= 4 is 23.6 Å². The molecule has 210 valence electrons. The zero-order valence-electron chi connectivity index (χ0n) is 20.5. The second-order valence-electron chi connectivity index (χ2n) is 10.8. The lowest BCUT2D eigenvalue weighted by atomic mass is 9.71. The van der Waals surface area contributed by atoms with E-state index in [4.69, 9.17) is 0 Å². The first-order valence-electron chi connectivity index (χ1n) is 12.9. The highest BCUT2D eigenvalue weighted by Crippen LogP contribution is 2.49. The number of alkyl halides is 5. The molecule has 0 aromatic heterocycles. The standard InChI is InChI=1S/C24H30F5N5O4/c25-23(26)10-15-4-5-16(23)18(20(36)32-14(11-30)9-13-6-7-31-19(13)35)34(15)21(37)17(8-12-2-1-3-12)33-22(38)24(27,28)29/h12-18H,1-10H2,(H,31,35)(H,32,36)(H,33,38)/t13-,14+,15+,16+,17-,18+/m1/s1. The van der Waals surface area contributed by atoms with Crippen LogP contribution in [0.15, 0.2) is 0 Å². The minimum Gasteiger partial charge on any atom is -0.356 e. The Morgan fingerprint density at radius 1 is 1.11 bits per heavy atom. The Kier molecular flexibility index (Phi) is 7.86. The first-order chi connectivity index (χ1) is 17.8. The van der Waals surface area contributed by atoms with Crippen LogP contribution in [0.5, 0.6) is 0 Å². The van der Waals surface area contributed by atoms with Crippen molar-refractivity contribution in [1.29, 1.82) is 5.26 Å². The van der Waals surface area contributed by atoms with Gasteiger partial charge in [0.25, 0.3) is 5.92 Å². The minimum atomic E-state index is -5.25. The minimum absolute atomic E-state index is 0.0504. The van der Waals surface area contributed by atoms with E-state index in [1.807, 2.05) is 6.07 Å². The monoisotopic (exact) mass is 547 g/mol. The molecule has 3 N–H and O–H groups in total. The number of nitrogens with zero attached hydrogens (tertiary/aromatic N) is 2. The molecule has 38 heavy (non-hydrogen) atoms.